The molecule has 1 N–H and O–H groups in total. The first-order valence-electron chi connectivity index (χ1n) is 10.9. The second-order valence-electron chi connectivity index (χ2n) is 10.3. The Morgan fingerprint density at radius 3 is 2.46 bits per heavy atom. The van der Waals surface area contributed by atoms with Gasteiger partial charge in [-0.25, -0.2) is 0 Å². The van der Waals surface area contributed by atoms with Crippen LogP contribution in [0, 0.1) is 34.0 Å². The standard InChI is InChI=1S/C23H40O3/c1-7-8-11-21(4)14-18(24)22(5)15(2)9-12-23(16(3)20(21)25)13-10-17(26-6)19(22)23/h15-19,24H,7-14H2,1-6H3/t15-,16+,17?,18-,19?,21-,22+,23?/m1/s1. The summed E-state index contributed by atoms with van der Waals surface area (Å²) in [7, 11) is 1.82. The van der Waals surface area contributed by atoms with Crippen LogP contribution in [-0.4, -0.2) is 30.2 Å². The summed E-state index contributed by atoms with van der Waals surface area (Å²) in [6.45, 7) is 11.1. The maximum Gasteiger partial charge on any atom is 0.142 e. The Kier molecular flexibility index (Phi) is 5.38. The first-order chi connectivity index (χ1) is 12.2. The van der Waals surface area contributed by atoms with Crippen LogP contribution in [0.2, 0.25) is 0 Å². The normalized spacial score (nSPS) is 51.7. The maximum absolute atomic E-state index is 13.7. The number of unbranched alkanes of at least 4 members (excludes halogenated alkanes) is 1. The van der Waals surface area contributed by atoms with Gasteiger partial charge >= 0.3 is 0 Å². The number of aliphatic hydroxyl groups is 1. The first-order valence-corrected chi connectivity index (χ1v) is 10.9. The van der Waals surface area contributed by atoms with E-state index < -0.39 is 11.5 Å². The van der Waals surface area contributed by atoms with Crippen LogP contribution in [0.15, 0.2) is 0 Å². The van der Waals surface area contributed by atoms with Crippen molar-refractivity contribution in [3.05, 3.63) is 0 Å². The Hall–Kier alpha value is -0.410. The van der Waals surface area contributed by atoms with Crippen molar-refractivity contribution < 1.29 is 14.6 Å². The summed E-state index contributed by atoms with van der Waals surface area (Å²) < 4.78 is 5.95. The average Bonchev–Trinajstić information content (AvgIpc) is 3.02. The summed E-state index contributed by atoms with van der Waals surface area (Å²) >= 11 is 0. The van der Waals surface area contributed by atoms with Crippen LogP contribution in [0.3, 0.4) is 0 Å². The lowest BCUT2D eigenvalue weighted by molar-refractivity contribution is -0.192. The molecule has 0 spiro atoms. The summed E-state index contributed by atoms with van der Waals surface area (Å²) in [5, 5.41) is 11.5. The van der Waals surface area contributed by atoms with Gasteiger partial charge in [0.05, 0.1) is 12.2 Å². The van der Waals surface area contributed by atoms with Crippen molar-refractivity contribution in [3.8, 4) is 0 Å². The minimum atomic E-state index is -0.434. The van der Waals surface area contributed by atoms with Gasteiger partial charge in [-0.15, -0.1) is 0 Å². The Labute approximate surface area is 160 Å². The number of Topliss-reactive ketones (excluding diaryl/α,β-unsaturated/α-hetero) is 1. The molecule has 3 heteroatoms. The summed E-state index contributed by atoms with van der Waals surface area (Å²) in [5.41, 5.74) is -0.554. The van der Waals surface area contributed by atoms with Crippen molar-refractivity contribution in [2.45, 2.75) is 98.2 Å². The summed E-state index contributed by atoms with van der Waals surface area (Å²) in [6, 6.07) is 0. The number of carbonyl (C=O) groups excluding carboxylic acids is 1. The number of rotatable bonds is 4. The van der Waals surface area contributed by atoms with Gasteiger partial charge in [0.25, 0.3) is 0 Å². The molecule has 8 atom stereocenters. The van der Waals surface area contributed by atoms with Crippen LogP contribution in [0.1, 0.15) is 86.0 Å². The lowest BCUT2D eigenvalue weighted by Gasteiger charge is -2.61. The van der Waals surface area contributed by atoms with Crippen molar-refractivity contribution in [2.24, 2.45) is 34.0 Å². The average molecular weight is 365 g/mol. The van der Waals surface area contributed by atoms with Gasteiger partial charge < -0.3 is 9.84 Å². The van der Waals surface area contributed by atoms with Gasteiger partial charge in [0.1, 0.15) is 5.78 Å². The molecule has 0 aromatic rings. The number of hydrogen-bond acceptors (Lipinski definition) is 3. The zero-order valence-electron chi connectivity index (χ0n) is 17.8. The minimum Gasteiger partial charge on any atom is -0.393 e. The molecule has 150 valence electrons. The zero-order valence-corrected chi connectivity index (χ0v) is 17.8. The molecule has 3 saturated carbocycles. The number of aliphatic hydroxyl groups excluding tert-OH is 1. The number of carbonyl (C=O) groups is 1. The van der Waals surface area contributed by atoms with E-state index in [1.54, 1.807) is 0 Å². The smallest absolute Gasteiger partial charge is 0.142 e. The summed E-state index contributed by atoms with van der Waals surface area (Å²) in [5.74, 6) is 1.22. The van der Waals surface area contributed by atoms with Crippen LogP contribution >= 0.6 is 0 Å². The molecule has 0 heterocycles. The summed E-state index contributed by atoms with van der Waals surface area (Å²) in [4.78, 5) is 13.7. The Balaban J connectivity index is 2.12. The van der Waals surface area contributed by atoms with E-state index in [4.69, 9.17) is 4.74 Å². The van der Waals surface area contributed by atoms with E-state index in [-0.39, 0.29) is 28.8 Å². The molecule has 3 fully saturated rings. The van der Waals surface area contributed by atoms with Crippen molar-refractivity contribution in [1.29, 1.82) is 0 Å². The monoisotopic (exact) mass is 364 g/mol. The molecular formula is C23H40O3. The van der Waals surface area contributed by atoms with Gasteiger partial charge in [-0.05, 0) is 55.8 Å². The van der Waals surface area contributed by atoms with Crippen molar-refractivity contribution in [1.82, 2.24) is 0 Å². The van der Waals surface area contributed by atoms with Gasteiger partial charge in [0, 0.05) is 23.9 Å². The highest BCUT2D eigenvalue weighted by atomic mass is 16.5. The molecule has 0 amide bonds. The molecule has 3 aliphatic rings. The van der Waals surface area contributed by atoms with E-state index in [0.29, 0.717) is 18.1 Å². The quantitative estimate of drug-likeness (QED) is 0.763. The molecule has 26 heavy (non-hydrogen) atoms. The third kappa shape index (κ3) is 2.64. The van der Waals surface area contributed by atoms with E-state index >= 15 is 0 Å². The number of ether oxygens (including phenoxy) is 1. The van der Waals surface area contributed by atoms with Gasteiger partial charge in [-0.1, -0.05) is 47.5 Å². The van der Waals surface area contributed by atoms with Crippen LogP contribution in [0.5, 0.6) is 0 Å². The molecule has 0 aromatic heterocycles. The SMILES string of the molecule is CCCC[C@]1(C)C[C@@H](O)[C@@]2(C)C3C(OC)CCC3(CC[C@H]2C)[C@@H](C)C1=O. The van der Waals surface area contributed by atoms with Crippen LogP contribution in [0.4, 0.5) is 0 Å². The molecule has 0 aliphatic heterocycles. The van der Waals surface area contributed by atoms with Crippen LogP contribution < -0.4 is 0 Å². The third-order valence-corrected chi connectivity index (χ3v) is 9.26. The van der Waals surface area contributed by atoms with Crippen molar-refractivity contribution in [2.75, 3.05) is 7.11 Å². The van der Waals surface area contributed by atoms with E-state index in [2.05, 4.69) is 34.6 Å². The molecule has 0 saturated heterocycles. The fourth-order valence-corrected chi connectivity index (χ4v) is 7.32. The Morgan fingerprint density at radius 1 is 1.19 bits per heavy atom. The number of hydrogen-bond donors (Lipinski definition) is 1. The molecule has 0 aromatic carbocycles. The second kappa shape index (κ2) is 6.88. The van der Waals surface area contributed by atoms with Crippen molar-refractivity contribution in [3.63, 3.8) is 0 Å². The fourth-order valence-electron chi connectivity index (χ4n) is 7.32. The third-order valence-electron chi connectivity index (χ3n) is 9.26. The molecule has 3 rings (SSSR count). The predicted molar refractivity (Wildman–Crippen MR) is 105 cm³/mol. The fraction of sp³-hybridized carbons (Fsp3) is 0.957. The molecular weight excluding hydrogens is 324 g/mol. The van der Waals surface area contributed by atoms with Gasteiger partial charge in [-0.3, -0.25) is 4.79 Å². The zero-order chi connectivity index (χ0) is 19.3. The topological polar surface area (TPSA) is 46.5 Å². The van der Waals surface area contributed by atoms with E-state index in [0.717, 1.165) is 44.9 Å². The highest BCUT2D eigenvalue weighted by Gasteiger charge is 2.67. The van der Waals surface area contributed by atoms with Gasteiger partial charge in [0.15, 0.2) is 0 Å². The molecule has 0 radical (unpaired) electrons. The Bertz CT molecular complexity index is 546. The number of methoxy groups -OCH3 is 1. The van der Waals surface area contributed by atoms with E-state index in [9.17, 15) is 9.90 Å². The molecule has 3 unspecified atom stereocenters. The first kappa shape index (κ1) is 20.3. The lowest BCUT2D eigenvalue weighted by Crippen LogP contribution is -2.62. The van der Waals surface area contributed by atoms with Crippen LogP contribution in [0.25, 0.3) is 0 Å². The Morgan fingerprint density at radius 2 is 1.85 bits per heavy atom. The lowest BCUT2D eigenvalue weighted by atomic mass is 9.44. The van der Waals surface area contributed by atoms with Crippen molar-refractivity contribution >= 4 is 5.78 Å². The molecule has 3 aliphatic carbocycles. The molecule has 2 bridgehead atoms. The van der Waals surface area contributed by atoms with Crippen LogP contribution in [-0.2, 0) is 9.53 Å². The summed E-state index contributed by atoms with van der Waals surface area (Å²) in [6.07, 6.45) is 7.74. The molecule has 3 nitrogen and oxygen atoms in total. The van der Waals surface area contributed by atoms with Gasteiger partial charge in [0.2, 0.25) is 0 Å². The van der Waals surface area contributed by atoms with Gasteiger partial charge in [-0.2, -0.15) is 0 Å². The highest BCUT2D eigenvalue weighted by molar-refractivity contribution is 5.87. The largest absolute Gasteiger partial charge is 0.393 e. The predicted octanol–water partition coefficient (Wildman–Crippen LogP) is 5.00. The second-order valence-corrected chi connectivity index (χ2v) is 10.3. The van der Waals surface area contributed by atoms with E-state index in [1.165, 1.54) is 0 Å². The maximum atomic E-state index is 13.7. The van der Waals surface area contributed by atoms with E-state index in [1.807, 2.05) is 7.11 Å². The number of ketones is 1. The highest BCUT2D eigenvalue weighted by Crippen LogP contribution is 2.68. The minimum absolute atomic E-state index is 0.00783.